The monoisotopic (exact) mass is 472 g/mol. The van der Waals surface area contributed by atoms with E-state index in [2.05, 4.69) is 143 Å². The van der Waals surface area contributed by atoms with Gasteiger partial charge in [-0.05, 0) is 54.1 Å². The Morgan fingerprint density at radius 1 is 0.405 bits per heavy atom. The third-order valence-corrected chi connectivity index (χ3v) is 7.75. The van der Waals surface area contributed by atoms with E-state index in [9.17, 15) is 0 Å². The van der Waals surface area contributed by atoms with Crippen LogP contribution in [0.4, 0.5) is 0 Å². The molecular formula is C35H24N2. The van der Waals surface area contributed by atoms with Crippen LogP contribution in [0.5, 0.6) is 0 Å². The van der Waals surface area contributed by atoms with Crippen LogP contribution in [0.3, 0.4) is 0 Å². The van der Waals surface area contributed by atoms with Crippen molar-refractivity contribution in [1.29, 1.82) is 0 Å². The molecule has 6 aromatic carbocycles. The Hall–Kier alpha value is -4.82. The second-order valence-corrected chi connectivity index (χ2v) is 9.93. The van der Waals surface area contributed by atoms with Crippen molar-refractivity contribution in [3.05, 3.63) is 133 Å². The summed E-state index contributed by atoms with van der Waals surface area (Å²) in [6, 6.07) is 46.5. The number of aromatic nitrogens is 2. The van der Waals surface area contributed by atoms with Gasteiger partial charge in [-0.3, -0.25) is 0 Å². The summed E-state index contributed by atoms with van der Waals surface area (Å²) in [6.07, 6.45) is 0. The maximum absolute atomic E-state index is 2.46. The standard InChI is InChI=1S/C35H24N2/c1-23-14-17-26(18-15-23)36-32-12-6-4-10-28(32)30-20-21-31-29-11-5-7-13-33(29)37(35(31)34(30)36)27-19-16-24-8-2-3-9-25(24)22-27/h2-22H,1H3. The molecule has 0 aliphatic heterocycles. The topological polar surface area (TPSA) is 9.86 Å². The lowest BCUT2D eigenvalue weighted by molar-refractivity contribution is 1.15. The molecule has 174 valence electrons. The molecule has 0 aliphatic carbocycles. The second kappa shape index (κ2) is 7.59. The second-order valence-electron chi connectivity index (χ2n) is 9.93. The molecular weight excluding hydrogens is 448 g/mol. The molecule has 0 amide bonds. The van der Waals surface area contributed by atoms with E-state index < -0.39 is 0 Å². The first-order valence-corrected chi connectivity index (χ1v) is 12.8. The van der Waals surface area contributed by atoms with E-state index in [0.717, 1.165) is 0 Å². The normalized spacial score (nSPS) is 11.9. The summed E-state index contributed by atoms with van der Waals surface area (Å²) < 4.78 is 4.91. The van der Waals surface area contributed by atoms with Crippen LogP contribution in [0.1, 0.15) is 5.56 Å². The Labute approximate surface area is 214 Å². The summed E-state index contributed by atoms with van der Waals surface area (Å²) in [5, 5.41) is 7.59. The number of benzene rings is 6. The molecule has 2 heterocycles. The number of para-hydroxylation sites is 2. The number of nitrogens with zero attached hydrogens (tertiary/aromatic N) is 2. The van der Waals surface area contributed by atoms with Gasteiger partial charge in [-0.15, -0.1) is 0 Å². The first kappa shape index (κ1) is 20.4. The van der Waals surface area contributed by atoms with Gasteiger partial charge in [0.05, 0.1) is 22.1 Å². The minimum absolute atomic E-state index is 1.18. The Balaban J connectivity index is 1.62. The molecule has 0 saturated heterocycles. The predicted octanol–water partition coefficient (Wildman–Crippen LogP) is 9.34. The average Bonchev–Trinajstić information content (AvgIpc) is 3.46. The number of hydrogen-bond acceptors (Lipinski definition) is 0. The summed E-state index contributed by atoms with van der Waals surface area (Å²) in [4.78, 5) is 0. The van der Waals surface area contributed by atoms with Gasteiger partial charge < -0.3 is 9.13 Å². The highest BCUT2D eigenvalue weighted by atomic mass is 15.0. The maximum atomic E-state index is 2.46. The molecule has 2 nitrogen and oxygen atoms in total. The van der Waals surface area contributed by atoms with Crippen LogP contribution in [0.15, 0.2) is 127 Å². The molecule has 0 aliphatic rings. The van der Waals surface area contributed by atoms with Crippen LogP contribution in [0.25, 0.3) is 65.8 Å². The van der Waals surface area contributed by atoms with Gasteiger partial charge in [0.15, 0.2) is 0 Å². The van der Waals surface area contributed by atoms with E-state index in [4.69, 9.17) is 0 Å². The van der Waals surface area contributed by atoms with E-state index >= 15 is 0 Å². The zero-order chi connectivity index (χ0) is 24.5. The fourth-order valence-corrected chi connectivity index (χ4v) is 6.05. The minimum Gasteiger partial charge on any atom is -0.307 e. The first-order valence-electron chi connectivity index (χ1n) is 12.8. The highest BCUT2D eigenvalue weighted by Crippen LogP contribution is 2.41. The number of fused-ring (bicyclic) bond motifs is 8. The molecule has 0 N–H and O–H groups in total. The fraction of sp³-hybridized carbons (Fsp3) is 0.0286. The van der Waals surface area contributed by atoms with Crippen molar-refractivity contribution in [3.8, 4) is 11.4 Å². The van der Waals surface area contributed by atoms with Crippen molar-refractivity contribution >= 4 is 54.4 Å². The van der Waals surface area contributed by atoms with Crippen molar-refractivity contribution < 1.29 is 0 Å². The van der Waals surface area contributed by atoms with Crippen molar-refractivity contribution in [1.82, 2.24) is 9.13 Å². The zero-order valence-corrected chi connectivity index (χ0v) is 20.5. The van der Waals surface area contributed by atoms with Crippen molar-refractivity contribution in [2.24, 2.45) is 0 Å². The van der Waals surface area contributed by atoms with Crippen LogP contribution in [0.2, 0.25) is 0 Å². The lowest BCUT2D eigenvalue weighted by atomic mass is 10.1. The van der Waals surface area contributed by atoms with Crippen molar-refractivity contribution in [2.75, 3.05) is 0 Å². The van der Waals surface area contributed by atoms with Gasteiger partial charge in [-0.1, -0.05) is 96.6 Å². The minimum atomic E-state index is 1.18. The SMILES string of the molecule is Cc1ccc(-n2c3ccccc3c3ccc4c5ccccc5n(-c5ccc6ccccc6c5)c4c32)cc1. The van der Waals surface area contributed by atoms with E-state index in [1.165, 1.54) is 71.3 Å². The summed E-state index contributed by atoms with van der Waals surface area (Å²) in [5.74, 6) is 0. The Bertz CT molecular complexity index is 2140. The van der Waals surface area contributed by atoms with Gasteiger partial charge in [-0.2, -0.15) is 0 Å². The maximum Gasteiger partial charge on any atom is 0.0788 e. The lowest BCUT2D eigenvalue weighted by Gasteiger charge is -2.13. The highest BCUT2D eigenvalue weighted by molar-refractivity contribution is 6.23. The largest absolute Gasteiger partial charge is 0.307 e. The number of hydrogen-bond donors (Lipinski definition) is 0. The molecule has 37 heavy (non-hydrogen) atoms. The molecule has 0 saturated carbocycles. The fourth-order valence-electron chi connectivity index (χ4n) is 6.05. The van der Waals surface area contributed by atoms with Crippen molar-refractivity contribution in [3.63, 3.8) is 0 Å². The molecule has 0 spiro atoms. The smallest absolute Gasteiger partial charge is 0.0788 e. The predicted molar refractivity (Wildman–Crippen MR) is 157 cm³/mol. The summed E-state index contributed by atoms with van der Waals surface area (Å²) >= 11 is 0. The van der Waals surface area contributed by atoms with Gasteiger partial charge in [0.1, 0.15) is 0 Å². The number of rotatable bonds is 2. The van der Waals surface area contributed by atoms with Crippen LogP contribution >= 0.6 is 0 Å². The molecule has 8 aromatic rings. The first-order chi connectivity index (χ1) is 18.3. The molecule has 0 bridgehead atoms. The molecule has 0 unspecified atom stereocenters. The quantitative estimate of drug-likeness (QED) is 0.237. The Morgan fingerprint density at radius 2 is 0.919 bits per heavy atom. The van der Waals surface area contributed by atoms with E-state index in [0.29, 0.717) is 0 Å². The number of aryl methyl sites for hydroxylation is 1. The highest BCUT2D eigenvalue weighted by Gasteiger charge is 2.20. The van der Waals surface area contributed by atoms with Crippen LogP contribution in [0, 0.1) is 6.92 Å². The van der Waals surface area contributed by atoms with E-state index in [1.54, 1.807) is 0 Å². The zero-order valence-electron chi connectivity index (χ0n) is 20.5. The molecule has 0 fully saturated rings. The molecule has 2 aromatic heterocycles. The van der Waals surface area contributed by atoms with Gasteiger partial charge in [0, 0.05) is 32.9 Å². The summed E-state index contributed by atoms with van der Waals surface area (Å²) in [5.41, 5.74) is 8.56. The molecule has 8 rings (SSSR count). The third-order valence-electron chi connectivity index (χ3n) is 7.75. The molecule has 0 radical (unpaired) electrons. The Kier molecular flexibility index (Phi) is 4.18. The summed E-state index contributed by atoms with van der Waals surface area (Å²) in [7, 11) is 0. The van der Waals surface area contributed by atoms with Crippen LogP contribution in [-0.4, -0.2) is 9.13 Å². The van der Waals surface area contributed by atoms with Gasteiger partial charge in [0.25, 0.3) is 0 Å². The summed E-state index contributed by atoms with van der Waals surface area (Å²) in [6.45, 7) is 2.14. The van der Waals surface area contributed by atoms with E-state index in [-0.39, 0.29) is 0 Å². The third kappa shape index (κ3) is 2.87. The molecule has 2 heteroatoms. The molecule has 0 atom stereocenters. The van der Waals surface area contributed by atoms with Gasteiger partial charge >= 0.3 is 0 Å². The average molecular weight is 473 g/mol. The van der Waals surface area contributed by atoms with Gasteiger partial charge in [-0.25, -0.2) is 0 Å². The van der Waals surface area contributed by atoms with E-state index in [1.807, 2.05) is 0 Å². The van der Waals surface area contributed by atoms with Crippen molar-refractivity contribution in [2.45, 2.75) is 6.92 Å². The van der Waals surface area contributed by atoms with Crippen LogP contribution < -0.4 is 0 Å². The Morgan fingerprint density at radius 3 is 1.57 bits per heavy atom. The van der Waals surface area contributed by atoms with Crippen LogP contribution in [-0.2, 0) is 0 Å². The lowest BCUT2D eigenvalue weighted by Crippen LogP contribution is -1.98. The van der Waals surface area contributed by atoms with Gasteiger partial charge in [0.2, 0.25) is 0 Å².